The maximum Gasteiger partial charge on any atom is 0.159 e. The van der Waals surface area contributed by atoms with Crippen molar-refractivity contribution in [3.8, 4) is 33.4 Å². The maximum absolute atomic E-state index is 7.39. The average Bonchev–Trinajstić information content (AvgIpc) is 3.83. The Morgan fingerprint density at radius 1 is 0.333 bits per heavy atom. The Kier molecular flexibility index (Phi) is 7.75. The molecule has 0 N–H and O–H groups in total. The van der Waals surface area contributed by atoms with Gasteiger partial charge in [-0.2, -0.15) is 0 Å². The molecule has 268 valence electrons. The van der Waals surface area contributed by atoms with Gasteiger partial charge < -0.3 is 9.32 Å². The van der Waals surface area contributed by atoms with E-state index in [2.05, 4.69) is 229 Å². The molecule has 0 bridgehead atoms. The van der Waals surface area contributed by atoms with Crippen molar-refractivity contribution in [2.75, 3.05) is 4.90 Å². The summed E-state index contributed by atoms with van der Waals surface area (Å²) in [6, 6.07) is 80.8. The minimum Gasteiger partial charge on any atom is -0.453 e. The Hall–Kier alpha value is -7.42. The second kappa shape index (κ2) is 13.4. The van der Waals surface area contributed by atoms with Gasteiger partial charge in [-0.1, -0.05) is 194 Å². The van der Waals surface area contributed by atoms with Crippen LogP contribution in [0.4, 0.5) is 17.1 Å². The lowest BCUT2D eigenvalue weighted by atomic mass is 9.67. The van der Waals surface area contributed by atoms with E-state index in [1.807, 2.05) is 0 Å². The molecule has 11 rings (SSSR count). The van der Waals surface area contributed by atoms with Crippen LogP contribution in [0.2, 0.25) is 0 Å². The number of nitrogens with zero attached hydrogens (tertiary/aromatic N) is 1. The summed E-state index contributed by atoms with van der Waals surface area (Å²) in [4.78, 5) is 2.35. The molecule has 0 amide bonds. The van der Waals surface area contributed by atoms with E-state index in [9.17, 15) is 0 Å². The first-order valence-corrected chi connectivity index (χ1v) is 19.6. The molecule has 0 spiro atoms. The van der Waals surface area contributed by atoms with Crippen LogP contribution in [0.15, 0.2) is 229 Å². The molecule has 1 heterocycles. The molecule has 10 aromatic rings. The molecule has 0 saturated heterocycles. The van der Waals surface area contributed by atoms with Gasteiger partial charge in [0, 0.05) is 27.7 Å². The highest BCUT2D eigenvalue weighted by Gasteiger charge is 2.47. The molecular weight excluding hydrogens is 691 g/mol. The average molecular weight is 728 g/mol. The van der Waals surface area contributed by atoms with Crippen LogP contribution in [0.1, 0.15) is 22.3 Å². The fourth-order valence-electron chi connectivity index (χ4n) is 9.27. The predicted molar refractivity (Wildman–Crippen MR) is 237 cm³/mol. The molecule has 57 heavy (non-hydrogen) atoms. The first-order chi connectivity index (χ1) is 28.3. The third kappa shape index (κ3) is 5.18. The molecule has 0 unspecified atom stereocenters. The Morgan fingerprint density at radius 3 is 1.49 bits per heavy atom. The molecule has 0 aliphatic heterocycles. The predicted octanol–water partition coefficient (Wildman–Crippen LogP) is 14.8. The number of benzene rings is 9. The Bertz CT molecular complexity index is 3010. The minimum atomic E-state index is -0.584. The van der Waals surface area contributed by atoms with Crippen LogP contribution in [0.5, 0.6) is 0 Å². The Morgan fingerprint density at radius 2 is 0.825 bits per heavy atom. The Labute approximate surface area is 332 Å². The van der Waals surface area contributed by atoms with Crippen LogP contribution in [0.3, 0.4) is 0 Å². The zero-order valence-corrected chi connectivity index (χ0v) is 31.2. The van der Waals surface area contributed by atoms with E-state index in [1.54, 1.807) is 0 Å². The number of fused-ring (bicyclic) bond motifs is 6. The molecule has 2 nitrogen and oxygen atoms in total. The van der Waals surface area contributed by atoms with Crippen molar-refractivity contribution in [2.45, 2.75) is 5.41 Å². The van der Waals surface area contributed by atoms with Gasteiger partial charge in [-0.3, -0.25) is 0 Å². The Balaban J connectivity index is 1.17. The number of furan rings is 1. The zero-order valence-electron chi connectivity index (χ0n) is 31.2. The summed E-state index contributed by atoms with van der Waals surface area (Å²) in [5.74, 6) is 0. The summed E-state index contributed by atoms with van der Waals surface area (Å²) in [6.45, 7) is 0. The number of hydrogen-bond acceptors (Lipinski definition) is 2. The van der Waals surface area contributed by atoms with Crippen LogP contribution >= 0.6 is 0 Å². The summed E-state index contributed by atoms with van der Waals surface area (Å²) in [5, 5.41) is 2.18. The monoisotopic (exact) mass is 727 g/mol. The van der Waals surface area contributed by atoms with E-state index in [-0.39, 0.29) is 0 Å². The van der Waals surface area contributed by atoms with Gasteiger partial charge in [-0.15, -0.1) is 0 Å². The van der Waals surface area contributed by atoms with Gasteiger partial charge in [0.2, 0.25) is 0 Å². The first-order valence-electron chi connectivity index (χ1n) is 19.6. The molecule has 0 atom stereocenters. The van der Waals surface area contributed by atoms with Crippen molar-refractivity contribution in [1.29, 1.82) is 0 Å². The quantitative estimate of drug-likeness (QED) is 0.163. The standard InChI is InChI=1S/C55H37NO/c1-4-17-38(18-5-1)40-33-35-43(36-34-40)56(44-24-14-21-41(37-44)39-19-6-2-7-20-39)52-32-16-28-48-47-27-15-31-51(53(47)57-54(48)52)55(42-22-8-3-9-23-42)49-29-12-10-25-45(49)46-26-11-13-30-50(46)55/h1-37H. The molecule has 0 fully saturated rings. The smallest absolute Gasteiger partial charge is 0.159 e. The molecule has 1 aliphatic rings. The van der Waals surface area contributed by atoms with Gasteiger partial charge in [0.25, 0.3) is 0 Å². The maximum atomic E-state index is 7.39. The van der Waals surface area contributed by atoms with Gasteiger partial charge in [0.15, 0.2) is 5.58 Å². The first kappa shape index (κ1) is 33.0. The van der Waals surface area contributed by atoms with Crippen molar-refractivity contribution in [2.24, 2.45) is 0 Å². The van der Waals surface area contributed by atoms with Crippen molar-refractivity contribution < 1.29 is 4.42 Å². The van der Waals surface area contributed by atoms with Crippen molar-refractivity contribution in [3.05, 3.63) is 247 Å². The van der Waals surface area contributed by atoms with Gasteiger partial charge in [-0.05, 0) is 80.4 Å². The molecule has 0 radical (unpaired) electrons. The van der Waals surface area contributed by atoms with E-state index in [4.69, 9.17) is 4.42 Å². The minimum absolute atomic E-state index is 0.584. The number of anilines is 3. The zero-order chi connectivity index (χ0) is 37.8. The highest BCUT2D eigenvalue weighted by molar-refractivity contribution is 6.12. The highest BCUT2D eigenvalue weighted by atomic mass is 16.3. The lowest BCUT2D eigenvalue weighted by Crippen LogP contribution is -2.28. The summed E-state index contributed by atoms with van der Waals surface area (Å²) in [5.41, 5.74) is 16.3. The van der Waals surface area contributed by atoms with E-state index in [1.165, 1.54) is 44.5 Å². The number of para-hydroxylation sites is 2. The second-order valence-corrected chi connectivity index (χ2v) is 14.8. The lowest BCUT2D eigenvalue weighted by molar-refractivity contribution is 0.648. The summed E-state index contributed by atoms with van der Waals surface area (Å²) >= 11 is 0. The molecule has 1 aliphatic carbocycles. The van der Waals surface area contributed by atoms with Crippen LogP contribution in [-0.2, 0) is 5.41 Å². The third-order valence-electron chi connectivity index (χ3n) is 11.8. The molecular formula is C55H37NO. The van der Waals surface area contributed by atoms with E-state index in [0.717, 1.165) is 50.1 Å². The van der Waals surface area contributed by atoms with Gasteiger partial charge in [0.1, 0.15) is 5.58 Å². The SMILES string of the molecule is c1ccc(-c2ccc(N(c3cccc(-c4ccccc4)c3)c3cccc4c3oc3c(C5(c6ccccc6)c6ccccc6-c6ccccc65)cccc34)cc2)cc1. The normalized spacial score (nSPS) is 12.7. The third-order valence-corrected chi connectivity index (χ3v) is 11.8. The second-order valence-electron chi connectivity index (χ2n) is 14.8. The van der Waals surface area contributed by atoms with E-state index >= 15 is 0 Å². The fourth-order valence-corrected chi connectivity index (χ4v) is 9.27. The molecule has 9 aromatic carbocycles. The van der Waals surface area contributed by atoms with Crippen LogP contribution in [0, 0.1) is 0 Å². The van der Waals surface area contributed by atoms with Gasteiger partial charge >= 0.3 is 0 Å². The van der Waals surface area contributed by atoms with E-state index in [0.29, 0.717) is 0 Å². The molecule has 0 saturated carbocycles. The van der Waals surface area contributed by atoms with Gasteiger partial charge in [0.05, 0.1) is 11.1 Å². The van der Waals surface area contributed by atoms with Gasteiger partial charge in [-0.25, -0.2) is 0 Å². The fraction of sp³-hybridized carbons (Fsp3) is 0.0182. The summed E-state index contributed by atoms with van der Waals surface area (Å²) in [7, 11) is 0. The highest BCUT2D eigenvalue weighted by Crippen LogP contribution is 2.58. The van der Waals surface area contributed by atoms with Crippen molar-refractivity contribution in [1.82, 2.24) is 0 Å². The van der Waals surface area contributed by atoms with Crippen LogP contribution in [0.25, 0.3) is 55.3 Å². The number of rotatable bonds is 7. The topological polar surface area (TPSA) is 16.4 Å². The number of hydrogen-bond donors (Lipinski definition) is 0. The lowest BCUT2D eigenvalue weighted by Gasteiger charge is -2.33. The summed E-state index contributed by atoms with van der Waals surface area (Å²) in [6.07, 6.45) is 0. The molecule has 2 heteroatoms. The van der Waals surface area contributed by atoms with Crippen molar-refractivity contribution >= 4 is 39.0 Å². The van der Waals surface area contributed by atoms with Crippen LogP contribution < -0.4 is 4.90 Å². The summed E-state index contributed by atoms with van der Waals surface area (Å²) < 4.78 is 7.39. The molecule has 1 aromatic heterocycles. The largest absolute Gasteiger partial charge is 0.453 e. The van der Waals surface area contributed by atoms with E-state index < -0.39 is 5.41 Å². The van der Waals surface area contributed by atoms with Crippen LogP contribution in [-0.4, -0.2) is 0 Å². The van der Waals surface area contributed by atoms with Crippen molar-refractivity contribution in [3.63, 3.8) is 0 Å².